The maximum Gasteiger partial charge on any atom is 0.190 e. The van der Waals surface area contributed by atoms with Gasteiger partial charge in [0.1, 0.15) is 0 Å². The summed E-state index contributed by atoms with van der Waals surface area (Å²) in [5.74, 6) is 0.0557. The van der Waals surface area contributed by atoms with Gasteiger partial charge in [0.25, 0.3) is 0 Å². The predicted octanol–water partition coefficient (Wildman–Crippen LogP) is 2.76. The minimum absolute atomic E-state index is 0.0817. The van der Waals surface area contributed by atoms with E-state index in [4.69, 9.17) is 4.74 Å². The fourth-order valence-electron chi connectivity index (χ4n) is 2.23. The molecule has 3 nitrogen and oxygen atoms in total. The Balaban J connectivity index is 2.54. The zero-order valence-corrected chi connectivity index (χ0v) is 9.23. The van der Waals surface area contributed by atoms with Crippen LogP contribution in [0.1, 0.15) is 15.9 Å². The minimum Gasteiger partial charge on any atom is -0.504 e. The second-order valence-corrected chi connectivity index (χ2v) is 3.95. The molecule has 17 heavy (non-hydrogen) atoms. The van der Waals surface area contributed by atoms with Crippen LogP contribution in [0.2, 0.25) is 0 Å². The highest BCUT2D eigenvalue weighted by Crippen LogP contribution is 2.40. The van der Waals surface area contributed by atoms with Crippen LogP contribution in [-0.2, 0) is 0 Å². The molecule has 0 atom stereocenters. The third-order valence-corrected chi connectivity index (χ3v) is 3.02. The Morgan fingerprint density at radius 3 is 2.82 bits per heavy atom. The van der Waals surface area contributed by atoms with Gasteiger partial charge in [-0.15, -0.1) is 0 Å². The lowest BCUT2D eigenvalue weighted by atomic mass is 9.91. The Morgan fingerprint density at radius 1 is 1.24 bits per heavy atom. The molecule has 0 heterocycles. The van der Waals surface area contributed by atoms with Crippen molar-refractivity contribution in [1.82, 2.24) is 0 Å². The lowest BCUT2D eigenvalue weighted by molar-refractivity contribution is 0.104. The average Bonchev–Trinajstić information content (AvgIpc) is 2.35. The molecule has 0 radical (unpaired) electrons. The van der Waals surface area contributed by atoms with Crippen molar-refractivity contribution in [3.8, 4) is 11.5 Å². The Hall–Kier alpha value is -2.29. The van der Waals surface area contributed by atoms with Crippen LogP contribution in [0.5, 0.6) is 11.5 Å². The van der Waals surface area contributed by atoms with Gasteiger partial charge >= 0.3 is 0 Å². The van der Waals surface area contributed by atoms with Crippen molar-refractivity contribution in [2.75, 3.05) is 7.11 Å². The Kier molecular flexibility index (Phi) is 1.95. The number of hydrogen-bond acceptors (Lipinski definition) is 3. The molecular weight excluding hydrogens is 216 g/mol. The van der Waals surface area contributed by atoms with Crippen molar-refractivity contribution < 1.29 is 14.6 Å². The fourth-order valence-corrected chi connectivity index (χ4v) is 2.23. The van der Waals surface area contributed by atoms with Crippen molar-refractivity contribution in [2.24, 2.45) is 0 Å². The smallest absolute Gasteiger partial charge is 0.190 e. The zero-order chi connectivity index (χ0) is 12.0. The third-order valence-electron chi connectivity index (χ3n) is 3.02. The average molecular weight is 226 g/mol. The van der Waals surface area contributed by atoms with E-state index >= 15 is 0 Å². The quantitative estimate of drug-likeness (QED) is 0.813. The first-order chi connectivity index (χ1) is 8.22. The van der Waals surface area contributed by atoms with Crippen LogP contribution in [0, 0.1) is 0 Å². The van der Waals surface area contributed by atoms with E-state index < -0.39 is 0 Å². The number of rotatable bonds is 1. The van der Waals surface area contributed by atoms with Gasteiger partial charge in [-0.2, -0.15) is 0 Å². The number of phenolic OH excluding ortho intramolecular Hbond substituents is 1. The molecular formula is C14H10O3. The van der Waals surface area contributed by atoms with E-state index in [1.807, 2.05) is 18.2 Å². The maximum atomic E-state index is 11.9. The molecule has 0 aliphatic heterocycles. The first-order valence-electron chi connectivity index (χ1n) is 5.27. The number of hydrogen-bond donors (Lipinski definition) is 1. The molecule has 1 aliphatic carbocycles. The van der Waals surface area contributed by atoms with Gasteiger partial charge in [-0.1, -0.05) is 24.3 Å². The number of aromatic hydroxyl groups is 1. The van der Waals surface area contributed by atoms with Crippen LogP contribution in [0.15, 0.2) is 30.3 Å². The van der Waals surface area contributed by atoms with E-state index in [2.05, 4.69) is 0 Å². The topological polar surface area (TPSA) is 46.5 Å². The van der Waals surface area contributed by atoms with E-state index in [0.717, 1.165) is 16.3 Å². The van der Waals surface area contributed by atoms with Crippen molar-refractivity contribution in [1.29, 1.82) is 0 Å². The summed E-state index contributed by atoms with van der Waals surface area (Å²) >= 11 is 0. The highest BCUT2D eigenvalue weighted by molar-refractivity contribution is 6.22. The lowest BCUT2D eigenvalue weighted by Crippen LogP contribution is -2.03. The largest absolute Gasteiger partial charge is 0.504 e. The summed E-state index contributed by atoms with van der Waals surface area (Å²) in [6.45, 7) is 0. The molecule has 2 aromatic rings. The van der Waals surface area contributed by atoms with Crippen LogP contribution in [0.4, 0.5) is 0 Å². The zero-order valence-electron chi connectivity index (χ0n) is 9.23. The summed E-state index contributed by atoms with van der Waals surface area (Å²) < 4.78 is 5.08. The second kappa shape index (κ2) is 3.35. The molecule has 0 fully saturated rings. The van der Waals surface area contributed by atoms with Crippen LogP contribution in [0.25, 0.3) is 16.8 Å². The molecule has 0 saturated carbocycles. The highest BCUT2D eigenvalue weighted by Gasteiger charge is 2.22. The molecule has 3 heteroatoms. The number of carbonyl (C=O) groups is 1. The molecule has 2 aromatic carbocycles. The number of phenols is 1. The highest BCUT2D eigenvalue weighted by atomic mass is 16.5. The molecule has 0 bridgehead atoms. The summed E-state index contributed by atoms with van der Waals surface area (Å²) in [7, 11) is 1.47. The van der Waals surface area contributed by atoms with Gasteiger partial charge in [0.15, 0.2) is 17.3 Å². The monoisotopic (exact) mass is 226 g/mol. The molecule has 0 aromatic heterocycles. The molecule has 3 rings (SSSR count). The van der Waals surface area contributed by atoms with Crippen LogP contribution in [-0.4, -0.2) is 18.0 Å². The Bertz CT molecular complexity index is 669. The van der Waals surface area contributed by atoms with Crippen molar-refractivity contribution >= 4 is 22.6 Å². The van der Waals surface area contributed by atoms with Crippen LogP contribution < -0.4 is 4.74 Å². The number of ether oxygens (including phenoxy) is 1. The molecule has 84 valence electrons. The molecule has 1 aliphatic rings. The normalized spacial score (nSPS) is 13.1. The number of methoxy groups -OCH3 is 1. The van der Waals surface area contributed by atoms with E-state index in [-0.39, 0.29) is 11.5 Å². The number of carbonyl (C=O) groups excluding carboxylic acids is 1. The van der Waals surface area contributed by atoms with Gasteiger partial charge in [-0.25, -0.2) is 0 Å². The fraction of sp³-hybridized carbons (Fsp3) is 0.0714. The molecule has 0 spiro atoms. The number of ketones is 1. The van der Waals surface area contributed by atoms with E-state index in [1.165, 1.54) is 13.2 Å². The number of allylic oxidation sites excluding steroid dienone is 1. The minimum atomic E-state index is -0.190. The van der Waals surface area contributed by atoms with Gasteiger partial charge in [-0.3, -0.25) is 4.79 Å². The van der Waals surface area contributed by atoms with Gasteiger partial charge < -0.3 is 9.84 Å². The van der Waals surface area contributed by atoms with Crippen molar-refractivity contribution in [2.45, 2.75) is 0 Å². The number of benzene rings is 2. The SMILES string of the molecule is COc1cc2cccc3c2c(c1O)C(=O)C=C3. The van der Waals surface area contributed by atoms with Gasteiger partial charge in [0.2, 0.25) is 0 Å². The standard InChI is InChI=1S/C14H10O3/c1-17-11-7-9-4-2-3-8-5-6-10(15)13(12(8)9)14(11)16/h2-7,16H,1H3. The molecule has 0 unspecified atom stereocenters. The molecule has 0 saturated heterocycles. The second-order valence-electron chi connectivity index (χ2n) is 3.95. The van der Waals surface area contributed by atoms with Crippen LogP contribution >= 0.6 is 0 Å². The van der Waals surface area contributed by atoms with E-state index in [1.54, 1.807) is 12.1 Å². The van der Waals surface area contributed by atoms with E-state index in [0.29, 0.717) is 11.3 Å². The van der Waals surface area contributed by atoms with Crippen molar-refractivity contribution in [3.05, 3.63) is 41.5 Å². The summed E-state index contributed by atoms with van der Waals surface area (Å²) in [5.41, 5.74) is 1.27. The summed E-state index contributed by atoms with van der Waals surface area (Å²) in [6, 6.07) is 7.47. The summed E-state index contributed by atoms with van der Waals surface area (Å²) in [4.78, 5) is 11.9. The Labute approximate surface area is 97.9 Å². The van der Waals surface area contributed by atoms with Gasteiger partial charge in [0, 0.05) is 5.39 Å². The van der Waals surface area contributed by atoms with E-state index in [9.17, 15) is 9.90 Å². The van der Waals surface area contributed by atoms with Gasteiger partial charge in [0.05, 0.1) is 12.7 Å². The maximum absolute atomic E-state index is 11.9. The first-order valence-corrected chi connectivity index (χ1v) is 5.27. The summed E-state index contributed by atoms with van der Waals surface area (Å²) in [5, 5.41) is 11.7. The van der Waals surface area contributed by atoms with Gasteiger partial charge in [-0.05, 0) is 23.1 Å². The molecule has 0 amide bonds. The Morgan fingerprint density at radius 2 is 2.06 bits per heavy atom. The summed E-state index contributed by atoms with van der Waals surface area (Å²) in [6.07, 6.45) is 3.24. The predicted molar refractivity (Wildman–Crippen MR) is 65.5 cm³/mol. The molecule has 1 N–H and O–H groups in total. The van der Waals surface area contributed by atoms with Crippen LogP contribution in [0.3, 0.4) is 0 Å². The van der Waals surface area contributed by atoms with Crippen molar-refractivity contribution in [3.63, 3.8) is 0 Å². The third kappa shape index (κ3) is 1.25. The first kappa shape index (κ1) is 9.90. The lowest BCUT2D eigenvalue weighted by Gasteiger charge is -2.15.